The van der Waals surface area contributed by atoms with Crippen molar-refractivity contribution in [2.75, 3.05) is 16.4 Å². The molecule has 0 aliphatic rings. The minimum absolute atomic E-state index is 0.0531. The lowest BCUT2D eigenvalue weighted by Gasteiger charge is -2.12. The average Bonchev–Trinajstić information content (AvgIpc) is 3.01. The van der Waals surface area contributed by atoms with E-state index in [2.05, 4.69) is 20.8 Å². The normalized spacial score (nSPS) is 10.6. The van der Waals surface area contributed by atoms with Crippen LogP contribution in [0.5, 0.6) is 0 Å². The van der Waals surface area contributed by atoms with Crippen LogP contribution in [0.3, 0.4) is 0 Å². The minimum Gasteiger partial charge on any atom is -0.325 e. The molecule has 0 fully saturated rings. The molecule has 2 rings (SSSR count). The molecule has 0 aliphatic heterocycles. The topological polar surface area (TPSA) is 84.0 Å². The zero-order valence-electron chi connectivity index (χ0n) is 15.5. The van der Waals surface area contributed by atoms with E-state index < -0.39 is 0 Å². The van der Waals surface area contributed by atoms with E-state index in [-0.39, 0.29) is 17.6 Å². The Morgan fingerprint density at radius 3 is 2.42 bits per heavy atom. The number of nitrogens with one attached hydrogen (secondary N) is 2. The lowest BCUT2D eigenvalue weighted by molar-refractivity contribution is -0.116. The van der Waals surface area contributed by atoms with Crippen molar-refractivity contribution in [2.24, 2.45) is 0 Å². The van der Waals surface area contributed by atoms with Gasteiger partial charge in [-0.25, -0.2) is 0 Å². The highest BCUT2D eigenvalue weighted by atomic mass is 32.2. The van der Waals surface area contributed by atoms with Crippen LogP contribution in [0.25, 0.3) is 0 Å². The van der Waals surface area contributed by atoms with E-state index in [1.807, 2.05) is 39.8 Å². The summed E-state index contributed by atoms with van der Waals surface area (Å²) in [6.07, 6.45) is 2.31. The summed E-state index contributed by atoms with van der Waals surface area (Å²) in [6.45, 7) is 8.05. The minimum atomic E-state index is -0.0891. The first-order valence-corrected chi connectivity index (χ1v) is 10.3. The van der Waals surface area contributed by atoms with Crippen LogP contribution in [0.15, 0.2) is 16.5 Å². The second-order valence-corrected chi connectivity index (χ2v) is 8.34. The van der Waals surface area contributed by atoms with E-state index in [1.165, 1.54) is 28.7 Å². The standard InChI is InChI=1S/C18H24N4O2S2/c1-5-6-7-14(23)20-17-21-22-18(26-17)25-10-15(24)19-16-12(3)8-11(2)9-13(16)4/h8-9H,5-7,10H2,1-4H3,(H,19,24)(H,20,21,23). The van der Waals surface area contributed by atoms with Crippen LogP contribution in [-0.2, 0) is 9.59 Å². The summed E-state index contributed by atoms with van der Waals surface area (Å²) < 4.78 is 0.656. The molecule has 0 saturated carbocycles. The maximum Gasteiger partial charge on any atom is 0.234 e. The fraction of sp³-hybridized carbons (Fsp3) is 0.444. The highest BCUT2D eigenvalue weighted by Gasteiger charge is 2.12. The Labute approximate surface area is 162 Å². The van der Waals surface area contributed by atoms with Gasteiger partial charge < -0.3 is 10.6 Å². The fourth-order valence-corrected chi connectivity index (χ4v) is 4.09. The zero-order chi connectivity index (χ0) is 19.1. The van der Waals surface area contributed by atoms with Crippen molar-refractivity contribution in [1.82, 2.24) is 10.2 Å². The molecule has 2 amide bonds. The summed E-state index contributed by atoms with van der Waals surface area (Å²) in [7, 11) is 0. The molecule has 1 heterocycles. The Kier molecular flexibility index (Phi) is 7.59. The molecule has 2 N–H and O–H groups in total. The number of hydrogen-bond donors (Lipinski definition) is 2. The summed E-state index contributed by atoms with van der Waals surface area (Å²) in [5, 5.41) is 14.1. The molecule has 1 aromatic carbocycles. The molecular formula is C18H24N4O2S2. The van der Waals surface area contributed by atoms with Gasteiger partial charge in [0.2, 0.25) is 16.9 Å². The van der Waals surface area contributed by atoms with E-state index >= 15 is 0 Å². The molecule has 8 heteroatoms. The van der Waals surface area contributed by atoms with Crippen molar-refractivity contribution in [3.63, 3.8) is 0 Å². The second-order valence-electron chi connectivity index (χ2n) is 6.14. The zero-order valence-corrected chi connectivity index (χ0v) is 17.1. The third kappa shape index (κ3) is 6.10. The van der Waals surface area contributed by atoms with Gasteiger partial charge in [0, 0.05) is 12.1 Å². The number of benzene rings is 1. The quantitative estimate of drug-likeness (QED) is 0.516. The molecular weight excluding hydrogens is 368 g/mol. The molecule has 0 atom stereocenters. The fourth-order valence-electron chi connectivity index (χ4n) is 2.52. The van der Waals surface area contributed by atoms with Gasteiger partial charge in [-0.1, -0.05) is 54.1 Å². The number of carbonyl (C=O) groups is 2. The number of aryl methyl sites for hydroxylation is 3. The number of aromatic nitrogens is 2. The smallest absolute Gasteiger partial charge is 0.234 e. The molecule has 2 aromatic rings. The Morgan fingerprint density at radius 2 is 1.77 bits per heavy atom. The summed E-state index contributed by atoms with van der Waals surface area (Å²) in [6, 6.07) is 4.10. The van der Waals surface area contributed by atoms with Gasteiger partial charge in [-0.3, -0.25) is 9.59 Å². The second kappa shape index (κ2) is 9.68. The third-order valence-corrected chi connectivity index (χ3v) is 5.65. The van der Waals surface area contributed by atoms with Gasteiger partial charge in [-0.05, 0) is 38.3 Å². The van der Waals surface area contributed by atoms with Gasteiger partial charge >= 0.3 is 0 Å². The first kappa shape index (κ1) is 20.4. The maximum absolute atomic E-state index is 12.2. The van der Waals surface area contributed by atoms with E-state index in [0.717, 1.165) is 29.7 Å². The molecule has 1 aromatic heterocycles. The number of unbranched alkanes of at least 4 members (excludes halogenated alkanes) is 1. The van der Waals surface area contributed by atoms with E-state index in [1.54, 1.807) is 0 Å². The van der Waals surface area contributed by atoms with Crippen LogP contribution in [0.4, 0.5) is 10.8 Å². The first-order valence-electron chi connectivity index (χ1n) is 8.53. The van der Waals surface area contributed by atoms with Crippen molar-refractivity contribution < 1.29 is 9.59 Å². The Bertz CT molecular complexity index is 766. The molecule has 0 aliphatic carbocycles. The van der Waals surface area contributed by atoms with Crippen LogP contribution in [0.2, 0.25) is 0 Å². The number of thioether (sulfide) groups is 1. The van der Waals surface area contributed by atoms with Gasteiger partial charge in [0.25, 0.3) is 0 Å². The Balaban J connectivity index is 1.86. The molecule has 0 radical (unpaired) electrons. The molecule has 6 nitrogen and oxygen atoms in total. The van der Waals surface area contributed by atoms with Crippen molar-refractivity contribution in [1.29, 1.82) is 0 Å². The van der Waals surface area contributed by atoms with Gasteiger partial charge in [0.1, 0.15) is 0 Å². The average molecular weight is 393 g/mol. The monoisotopic (exact) mass is 392 g/mol. The molecule has 0 bridgehead atoms. The first-order chi connectivity index (χ1) is 12.4. The maximum atomic E-state index is 12.2. The molecule has 0 unspecified atom stereocenters. The molecule has 0 spiro atoms. The van der Waals surface area contributed by atoms with Gasteiger partial charge in [-0.15, -0.1) is 10.2 Å². The number of amides is 2. The Hall–Kier alpha value is -1.93. The molecule has 26 heavy (non-hydrogen) atoms. The summed E-state index contributed by atoms with van der Waals surface area (Å²) in [4.78, 5) is 23.9. The van der Waals surface area contributed by atoms with Crippen molar-refractivity contribution in [2.45, 2.75) is 51.3 Å². The number of hydrogen-bond acceptors (Lipinski definition) is 6. The highest BCUT2D eigenvalue weighted by molar-refractivity contribution is 8.01. The Morgan fingerprint density at radius 1 is 1.08 bits per heavy atom. The lowest BCUT2D eigenvalue weighted by Crippen LogP contribution is -2.15. The van der Waals surface area contributed by atoms with Crippen molar-refractivity contribution in [3.05, 3.63) is 28.8 Å². The van der Waals surface area contributed by atoms with Gasteiger partial charge in [0.05, 0.1) is 5.75 Å². The van der Waals surface area contributed by atoms with Gasteiger partial charge in [0.15, 0.2) is 4.34 Å². The number of carbonyl (C=O) groups excluding carboxylic acids is 2. The van der Waals surface area contributed by atoms with Gasteiger partial charge in [-0.2, -0.15) is 0 Å². The van der Waals surface area contributed by atoms with Crippen LogP contribution >= 0.6 is 23.1 Å². The SMILES string of the molecule is CCCCC(=O)Nc1nnc(SCC(=O)Nc2c(C)cc(C)cc2C)s1. The molecule has 140 valence electrons. The number of nitrogens with zero attached hydrogens (tertiary/aromatic N) is 2. The van der Waals surface area contributed by atoms with Crippen molar-refractivity contribution >= 4 is 45.7 Å². The van der Waals surface area contributed by atoms with Crippen LogP contribution < -0.4 is 10.6 Å². The lowest BCUT2D eigenvalue weighted by atomic mass is 10.1. The summed E-state index contributed by atoms with van der Waals surface area (Å²) in [5.74, 6) is 0.0990. The van der Waals surface area contributed by atoms with Crippen LogP contribution in [0.1, 0.15) is 42.9 Å². The largest absolute Gasteiger partial charge is 0.325 e. The number of rotatable bonds is 8. The van der Waals surface area contributed by atoms with E-state index in [9.17, 15) is 9.59 Å². The highest BCUT2D eigenvalue weighted by Crippen LogP contribution is 2.27. The predicted molar refractivity (Wildman–Crippen MR) is 108 cm³/mol. The van der Waals surface area contributed by atoms with Crippen molar-refractivity contribution in [3.8, 4) is 0 Å². The third-order valence-electron chi connectivity index (χ3n) is 3.68. The predicted octanol–water partition coefficient (Wildman–Crippen LogP) is 4.32. The van der Waals surface area contributed by atoms with E-state index in [0.29, 0.717) is 15.9 Å². The van der Waals surface area contributed by atoms with E-state index in [4.69, 9.17) is 0 Å². The van der Waals surface area contributed by atoms with Crippen LogP contribution in [-0.4, -0.2) is 27.8 Å². The summed E-state index contributed by atoms with van der Waals surface area (Å²) >= 11 is 2.59. The van der Waals surface area contributed by atoms with Crippen LogP contribution in [0, 0.1) is 20.8 Å². The number of anilines is 2. The molecule has 0 saturated heterocycles. The summed E-state index contributed by atoms with van der Waals surface area (Å²) in [5.41, 5.74) is 4.14.